The van der Waals surface area contributed by atoms with Crippen molar-refractivity contribution in [2.75, 3.05) is 0 Å². The minimum absolute atomic E-state index is 0.0124. The van der Waals surface area contributed by atoms with Crippen molar-refractivity contribution in [1.82, 2.24) is 0 Å². The fourth-order valence-electron chi connectivity index (χ4n) is 7.01. The Labute approximate surface area is 128 Å². The fraction of sp³-hybridized carbons (Fsp3) is 0.947. The van der Waals surface area contributed by atoms with E-state index in [0.29, 0.717) is 17.1 Å². The predicted octanol–water partition coefficient (Wildman–Crippen LogP) is 3.96. The van der Waals surface area contributed by atoms with Crippen LogP contribution in [0.3, 0.4) is 0 Å². The molecule has 21 heavy (non-hydrogen) atoms. The molecular weight excluding hydrogens is 260 g/mol. The lowest BCUT2D eigenvalue weighted by Gasteiger charge is -2.60. The summed E-state index contributed by atoms with van der Waals surface area (Å²) in [4.78, 5) is 12.4. The molecule has 0 radical (unpaired) electrons. The average molecular weight is 290 g/mol. The average Bonchev–Trinajstić information content (AvgIpc) is 2.76. The molecule has 1 N–H and O–H groups in total. The van der Waals surface area contributed by atoms with Crippen molar-refractivity contribution in [1.29, 1.82) is 0 Å². The highest BCUT2D eigenvalue weighted by atomic mass is 16.3. The van der Waals surface area contributed by atoms with Crippen LogP contribution in [-0.4, -0.2) is 17.0 Å². The van der Waals surface area contributed by atoms with E-state index in [-0.39, 0.29) is 11.5 Å². The number of hydrogen-bond donors (Lipinski definition) is 1. The second kappa shape index (κ2) is 4.57. The minimum Gasteiger partial charge on any atom is -0.393 e. The maximum atomic E-state index is 12.4. The Morgan fingerprint density at radius 1 is 1.00 bits per heavy atom. The lowest BCUT2D eigenvalue weighted by molar-refractivity contribution is -0.142. The molecule has 0 spiro atoms. The number of ketones is 1. The number of fused-ring (bicyclic) bond motifs is 5. The number of aliphatic hydroxyl groups is 1. The number of carbonyl (C=O) groups excluding carboxylic acids is 1. The van der Waals surface area contributed by atoms with Crippen LogP contribution in [0.5, 0.6) is 0 Å². The van der Waals surface area contributed by atoms with Crippen LogP contribution in [0.2, 0.25) is 0 Å². The molecule has 2 nitrogen and oxygen atoms in total. The summed E-state index contributed by atoms with van der Waals surface area (Å²) >= 11 is 0. The molecule has 4 aliphatic rings. The smallest absolute Gasteiger partial charge is 0.139 e. The van der Waals surface area contributed by atoms with Crippen LogP contribution < -0.4 is 0 Å². The zero-order chi connectivity index (χ0) is 14.8. The summed E-state index contributed by atoms with van der Waals surface area (Å²) in [6.45, 7) is 4.78. The van der Waals surface area contributed by atoms with E-state index < -0.39 is 0 Å². The summed E-state index contributed by atoms with van der Waals surface area (Å²) in [6.07, 6.45) is 10.1. The molecule has 0 heterocycles. The molecule has 1 unspecified atom stereocenters. The normalized spacial score (nSPS) is 56.5. The number of Topliss-reactive ketones (excluding diaryl/α,β-unsaturated/α-hetero) is 1. The predicted molar refractivity (Wildman–Crippen MR) is 82.7 cm³/mol. The Morgan fingerprint density at radius 3 is 2.62 bits per heavy atom. The molecule has 0 aromatic rings. The van der Waals surface area contributed by atoms with Crippen LogP contribution in [0.25, 0.3) is 0 Å². The van der Waals surface area contributed by atoms with Gasteiger partial charge in [-0.05, 0) is 80.5 Å². The van der Waals surface area contributed by atoms with E-state index >= 15 is 0 Å². The summed E-state index contributed by atoms with van der Waals surface area (Å²) < 4.78 is 0. The lowest BCUT2D eigenvalue weighted by Crippen LogP contribution is -2.54. The third-order valence-corrected chi connectivity index (χ3v) is 8.35. The Hall–Kier alpha value is -0.370. The highest BCUT2D eigenvalue weighted by Crippen LogP contribution is 2.65. The Balaban J connectivity index is 1.64. The molecule has 4 fully saturated rings. The van der Waals surface area contributed by atoms with Crippen LogP contribution in [-0.2, 0) is 4.79 Å². The van der Waals surface area contributed by atoms with Crippen molar-refractivity contribution >= 4 is 5.78 Å². The number of aliphatic hydroxyl groups excluding tert-OH is 1. The second-order valence-corrected chi connectivity index (χ2v) is 9.00. The molecule has 4 rings (SSSR count). The molecule has 0 aromatic carbocycles. The van der Waals surface area contributed by atoms with E-state index in [4.69, 9.17) is 0 Å². The van der Waals surface area contributed by atoms with Gasteiger partial charge in [0.1, 0.15) is 5.78 Å². The summed E-state index contributed by atoms with van der Waals surface area (Å²) in [7, 11) is 0. The van der Waals surface area contributed by atoms with Crippen molar-refractivity contribution in [3.05, 3.63) is 0 Å². The minimum atomic E-state index is -0.0541. The summed E-state index contributed by atoms with van der Waals surface area (Å²) in [5.41, 5.74) is 0.452. The fourth-order valence-corrected chi connectivity index (χ4v) is 7.01. The molecule has 0 aromatic heterocycles. The van der Waals surface area contributed by atoms with Crippen molar-refractivity contribution < 1.29 is 9.90 Å². The van der Waals surface area contributed by atoms with Gasteiger partial charge < -0.3 is 5.11 Å². The van der Waals surface area contributed by atoms with E-state index in [2.05, 4.69) is 13.8 Å². The first-order valence-corrected chi connectivity index (χ1v) is 9.16. The molecule has 7 atom stereocenters. The standard InChI is InChI=1S/C19H30O2/c1-18-9-7-13(20)11-12(18)3-4-14-15-5-6-17(21)19(15,2)10-8-16(14)18/h12-16,20H,3-11H2,1-2H3/t12-,13?,14-,15-,16+,18-,19-/m0/s1. The van der Waals surface area contributed by atoms with Crippen LogP contribution in [0, 0.1) is 34.5 Å². The molecule has 2 heteroatoms. The number of hydrogen-bond acceptors (Lipinski definition) is 2. The van der Waals surface area contributed by atoms with Crippen molar-refractivity contribution in [2.24, 2.45) is 34.5 Å². The van der Waals surface area contributed by atoms with Crippen molar-refractivity contribution in [3.63, 3.8) is 0 Å². The van der Waals surface area contributed by atoms with Crippen LogP contribution >= 0.6 is 0 Å². The Kier molecular flexibility index (Phi) is 3.10. The van der Waals surface area contributed by atoms with Gasteiger partial charge in [0.15, 0.2) is 0 Å². The van der Waals surface area contributed by atoms with Gasteiger partial charge in [-0.3, -0.25) is 4.79 Å². The molecule has 0 bridgehead atoms. The summed E-state index contributed by atoms with van der Waals surface area (Å²) in [5.74, 6) is 3.54. The Bertz CT molecular complexity index is 458. The van der Waals surface area contributed by atoms with Gasteiger partial charge in [0, 0.05) is 11.8 Å². The van der Waals surface area contributed by atoms with Gasteiger partial charge in [-0.1, -0.05) is 13.8 Å². The van der Waals surface area contributed by atoms with Gasteiger partial charge in [-0.15, -0.1) is 0 Å². The largest absolute Gasteiger partial charge is 0.393 e. The van der Waals surface area contributed by atoms with E-state index in [1.54, 1.807) is 0 Å². The topological polar surface area (TPSA) is 37.3 Å². The van der Waals surface area contributed by atoms with E-state index in [9.17, 15) is 9.90 Å². The quantitative estimate of drug-likeness (QED) is 0.733. The third kappa shape index (κ3) is 1.84. The second-order valence-electron chi connectivity index (χ2n) is 9.00. The van der Waals surface area contributed by atoms with Gasteiger partial charge in [0.05, 0.1) is 6.10 Å². The number of carbonyl (C=O) groups is 1. The molecule has 4 saturated carbocycles. The van der Waals surface area contributed by atoms with Gasteiger partial charge in [-0.2, -0.15) is 0 Å². The Morgan fingerprint density at radius 2 is 1.81 bits per heavy atom. The molecule has 0 saturated heterocycles. The summed E-state index contributed by atoms with van der Waals surface area (Å²) in [6, 6.07) is 0. The number of rotatable bonds is 0. The molecule has 118 valence electrons. The van der Waals surface area contributed by atoms with Crippen molar-refractivity contribution in [2.45, 2.75) is 77.7 Å². The molecule has 0 amide bonds. The van der Waals surface area contributed by atoms with Crippen molar-refractivity contribution in [3.8, 4) is 0 Å². The van der Waals surface area contributed by atoms with E-state index in [1.807, 2.05) is 0 Å². The zero-order valence-electron chi connectivity index (χ0n) is 13.6. The maximum absolute atomic E-state index is 12.4. The van der Waals surface area contributed by atoms with Gasteiger partial charge in [0.2, 0.25) is 0 Å². The monoisotopic (exact) mass is 290 g/mol. The SMILES string of the molecule is C[C@]12CCC(O)C[C@@H]1CC[C@@H]1[C@H]2CC[C@]2(C)C(=O)CC[C@@H]12. The highest BCUT2D eigenvalue weighted by Gasteiger charge is 2.60. The van der Waals surface area contributed by atoms with Gasteiger partial charge in [0.25, 0.3) is 0 Å². The maximum Gasteiger partial charge on any atom is 0.139 e. The van der Waals surface area contributed by atoms with Crippen LogP contribution in [0.4, 0.5) is 0 Å². The molecular formula is C19H30O2. The first-order valence-electron chi connectivity index (χ1n) is 9.16. The van der Waals surface area contributed by atoms with Crippen LogP contribution in [0.15, 0.2) is 0 Å². The highest BCUT2D eigenvalue weighted by molar-refractivity contribution is 5.87. The van der Waals surface area contributed by atoms with Gasteiger partial charge >= 0.3 is 0 Å². The van der Waals surface area contributed by atoms with E-state index in [0.717, 1.165) is 49.9 Å². The van der Waals surface area contributed by atoms with Gasteiger partial charge in [-0.25, -0.2) is 0 Å². The summed E-state index contributed by atoms with van der Waals surface area (Å²) in [5, 5.41) is 10.0. The van der Waals surface area contributed by atoms with E-state index in [1.165, 1.54) is 25.7 Å². The third-order valence-electron chi connectivity index (χ3n) is 8.35. The first-order chi connectivity index (χ1) is 9.95. The molecule has 4 aliphatic carbocycles. The zero-order valence-corrected chi connectivity index (χ0v) is 13.6. The first kappa shape index (κ1) is 14.2. The molecule has 0 aliphatic heterocycles. The van der Waals surface area contributed by atoms with Crippen LogP contribution in [0.1, 0.15) is 71.6 Å². The lowest BCUT2D eigenvalue weighted by atomic mass is 9.45.